The van der Waals surface area contributed by atoms with Crippen molar-refractivity contribution in [1.82, 2.24) is 5.48 Å². The molecule has 5 heteroatoms. The Bertz CT molecular complexity index is 355. The predicted molar refractivity (Wildman–Crippen MR) is 52.0 cm³/mol. The number of benzene rings is 1. The molecule has 0 saturated heterocycles. The van der Waals surface area contributed by atoms with E-state index in [1.165, 1.54) is 19.2 Å². The molecule has 4 nitrogen and oxygen atoms in total. The molecule has 0 aliphatic heterocycles. The van der Waals surface area contributed by atoms with Gasteiger partial charge in [-0.15, -0.1) is 0 Å². The molecule has 0 fully saturated rings. The first kappa shape index (κ1) is 11.5. The molecule has 1 aromatic rings. The predicted octanol–water partition coefficient (Wildman–Crippen LogP) is 1.52. The molecule has 0 unspecified atom stereocenters. The molecular formula is C10H12FNO3. The number of rotatable bonds is 4. The van der Waals surface area contributed by atoms with Crippen molar-refractivity contribution in [2.45, 2.75) is 6.92 Å². The maximum Gasteiger partial charge on any atom is 0.278 e. The van der Waals surface area contributed by atoms with E-state index in [-0.39, 0.29) is 5.56 Å². The van der Waals surface area contributed by atoms with Gasteiger partial charge in [0.1, 0.15) is 11.6 Å². The molecule has 0 spiro atoms. The van der Waals surface area contributed by atoms with Crippen molar-refractivity contribution in [3.63, 3.8) is 0 Å². The standard InChI is InChI=1S/C10H12FNO3/c1-3-15-12-10(13)8-6-7(11)4-5-9(8)14-2/h4-6H,3H2,1-2H3,(H,12,13). The zero-order valence-corrected chi connectivity index (χ0v) is 8.54. The summed E-state index contributed by atoms with van der Waals surface area (Å²) in [6.07, 6.45) is 0. The summed E-state index contributed by atoms with van der Waals surface area (Å²) in [4.78, 5) is 16.2. The van der Waals surface area contributed by atoms with E-state index in [1.54, 1.807) is 6.92 Å². The number of carbonyl (C=O) groups excluding carboxylic acids is 1. The topological polar surface area (TPSA) is 47.6 Å². The molecule has 82 valence electrons. The van der Waals surface area contributed by atoms with Gasteiger partial charge in [0.2, 0.25) is 0 Å². The van der Waals surface area contributed by atoms with E-state index in [1.807, 2.05) is 0 Å². The number of amides is 1. The van der Waals surface area contributed by atoms with Crippen LogP contribution in [-0.2, 0) is 4.84 Å². The van der Waals surface area contributed by atoms with E-state index >= 15 is 0 Å². The van der Waals surface area contributed by atoms with E-state index in [0.29, 0.717) is 12.4 Å². The van der Waals surface area contributed by atoms with E-state index in [9.17, 15) is 9.18 Å². The lowest BCUT2D eigenvalue weighted by atomic mass is 10.2. The lowest BCUT2D eigenvalue weighted by molar-refractivity contribution is 0.0362. The summed E-state index contributed by atoms with van der Waals surface area (Å²) in [7, 11) is 1.41. The largest absolute Gasteiger partial charge is 0.496 e. The molecule has 15 heavy (non-hydrogen) atoms. The van der Waals surface area contributed by atoms with Crippen molar-refractivity contribution in [1.29, 1.82) is 0 Å². The smallest absolute Gasteiger partial charge is 0.278 e. The van der Waals surface area contributed by atoms with Crippen molar-refractivity contribution >= 4 is 5.91 Å². The second-order valence-corrected chi connectivity index (χ2v) is 2.71. The van der Waals surface area contributed by atoms with E-state index in [4.69, 9.17) is 9.57 Å². The van der Waals surface area contributed by atoms with Crippen LogP contribution in [0.5, 0.6) is 5.75 Å². The van der Waals surface area contributed by atoms with Gasteiger partial charge in [-0.3, -0.25) is 9.63 Å². The summed E-state index contributed by atoms with van der Waals surface area (Å²) in [5.41, 5.74) is 2.27. The minimum atomic E-state index is -0.534. The maximum absolute atomic E-state index is 12.9. The van der Waals surface area contributed by atoms with Crippen LogP contribution >= 0.6 is 0 Å². The number of hydroxylamine groups is 1. The number of methoxy groups -OCH3 is 1. The molecule has 0 aliphatic rings. The quantitative estimate of drug-likeness (QED) is 0.771. The molecule has 1 N–H and O–H groups in total. The maximum atomic E-state index is 12.9. The summed E-state index contributed by atoms with van der Waals surface area (Å²) < 4.78 is 17.8. The van der Waals surface area contributed by atoms with Gasteiger partial charge >= 0.3 is 0 Å². The number of hydrogen-bond acceptors (Lipinski definition) is 3. The Morgan fingerprint density at radius 1 is 1.53 bits per heavy atom. The lowest BCUT2D eigenvalue weighted by Gasteiger charge is -2.08. The highest BCUT2D eigenvalue weighted by Gasteiger charge is 2.12. The van der Waals surface area contributed by atoms with Gasteiger partial charge in [0, 0.05) is 0 Å². The zero-order chi connectivity index (χ0) is 11.3. The van der Waals surface area contributed by atoms with Crippen LogP contribution in [0.2, 0.25) is 0 Å². The van der Waals surface area contributed by atoms with Crippen molar-refractivity contribution < 1.29 is 18.8 Å². The van der Waals surface area contributed by atoms with Crippen LogP contribution in [0, 0.1) is 5.82 Å². The third-order valence-electron chi connectivity index (χ3n) is 1.72. The molecule has 0 aromatic heterocycles. The second-order valence-electron chi connectivity index (χ2n) is 2.71. The van der Waals surface area contributed by atoms with Crippen molar-refractivity contribution in [3.05, 3.63) is 29.6 Å². The van der Waals surface area contributed by atoms with Gasteiger partial charge in [-0.05, 0) is 25.1 Å². The van der Waals surface area contributed by atoms with Crippen molar-refractivity contribution in [2.24, 2.45) is 0 Å². The zero-order valence-electron chi connectivity index (χ0n) is 8.54. The monoisotopic (exact) mass is 213 g/mol. The fourth-order valence-corrected chi connectivity index (χ4v) is 1.05. The molecule has 0 atom stereocenters. The first-order valence-electron chi connectivity index (χ1n) is 4.44. The van der Waals surface area contributed by atoms with Gasteiger partial charge in [-0.25, -0.2) is 9.87 Å². The molecule has 0 bridgehead atoms. The molecule has 0 saturated carbocycles. The Morgan fingerprint density at radius 3 is 2.87 bits per heavy atom. The minimum Gasteiger partial charge on any atom is -0.496 e. The average Bonchev–Trinajstić information content (AvgIpc) is 2.25. The Labute approximate surface area is 86.9 Å². The van der Waals surface area contributed by atoms with Gasteiger partial charge in [0.15, 0.2) is 0 Å². The Morgan fingerprint density at radius 2 is 2.27 bits per heavy atom. The van der Waals surface area contributed by atoms with Crippen molar-refractivity contribution in [2.75, 3.05) is 13.7 Å². The fourth-order valence-electron chi connectivity index (χ4n) is 1.05. The fraction of sp³-hybridized carbons (Fsp3) is 0.300. The van der Waals surface area contributed by atoms with E-state index in [0.717, 1.165) is 6.07 Å². The van der Waals surface area contributed by atoms with Crippen molar-refractivity contribution in [3.8, 4) is 5.75 Å². The summed E-state index contributed by atoms with van der Waals surface area (Å²) in [5.74, 6) is -0.737. The molecule has 0 radical (unpaired) electrons. The Balaban J connectivity index is 2.90. The first-order chi connectivity index (χ1) is 7.19. The minimum absolute atomic E-state index is 0.103. The van der Waals surface area contributed by atoms with Gasteiger partial charge in [-0.2, -0.15) is 0 Å². The van der Waals surface area contributed by atoms with Gasteiger partial charge < -0.3 is 4.74 Å². The van der Waals surface area contributed by atoms with Gasteiger partial charge in [0.25, 0.3) is 5.91 Å². The van der Waals surface area contributed by atoms with Crippen LogP contribution in [0.15, 0.2) is 18.2 Å². The summed E-state index contributed by atoms with van der Waals surface area (Å²) in [6.45, 7) is 2.06. The Hall–Kier alpha value is -1.62. The number of carbonyl (C=O) groups is 1. The first-order valence-corrected chi connectivity index (χ1v) is 4.44. The number of ether oxygens (including phenoxy) is 1. The number of halogens is 1. The van der Waals surface area contributed by atoms with E-state index in [2.05, 4.69) is 5.48 Å². The third-order valence-corrected chi connectivity index (χ3v) is 1.72. The van der Waals surface area contributed by atoms with Crippen LogP contribution in [0.1, 0.15) is 17.3 Å². The third kappa shape index (κ3) is 2.92. The van der Waals surface area contributed by atoms with Crippen LogP contribution in [0.25, 0.3) is 0 Å². The molecule has 0 heterocycles. The van der Waals surface area contributed by atoms with Crippen LogP contribution in [-0.4, -0.2) is 19.6 Å². The highest BCUT2D eigenvalue weighted by molar-refractivity contribution is 5.96. The van der Waals surface area contributed by atoms with Gasteiger partial charge in [0.05, 0.1) is 19.3 Å². The molecule has 1 amide bonds. The van der Waals surface area contributed by atoms with Gasteiger partial charge in [-0.1, -0.05) is 0 Å². The van der Waals surface area contributed by atoms with Crippen LogP contribution < -0.4 is 10.2 Å². The summed E-state index contributed by atoms with van der Waals surface area (Å²) in [6, 6.07) is 3.69. The molecule has 0 aliphatic carbocycles. The summed E-state index contributed by atoms with van der Waals surface area (Å²) >= 11 is 0. The SMILES string of the molecule is CCONC(=O)c1cc(F)ccc1OC. The molecule has 1 aromatic carbocycles. The molecule has 1 rings (SSSR count). The molecular weight excluding hydrogens is 201 g/mol. The van der Waals surface area contributed by atoms with E-state index < -0.39 is 11.7 Å². The normalized spacial score (nSPS) is 9.80. The average molecular weight is 213 g/mol. The number of hydrogen-bond donors (Lipinski definition) is 1. The highest BCUT2D eigenvalue weighted by atomic mass is 19.1. The Kier molecular flexibility index (Phi) is 4.05. The summed E-state index contributed by atoms with van der Waals surface area (Å²) in [5, 5.41) is 0. The highest BCUT2D eigenvalue weighted by Crippen LogP contribution is 2.18. The number of nitrogens with one attached hydrogen (secondary N) is 1. The van der Waals surface area contributed by atoms with Crippen LogP contribution in [0.3, 0.4) is 0 Å². The van der Waals surface area contributed by atoms with Crippen LogP contribution in [0.4, 0.5) is 4.39 Å². The lowest BCUT2D eigenvalue weighted by Crippen LogP contribution is -2.24. The second kappa shape index (κ2) is 5.31.